The van der Waals surface area contributed by atoms with Gasteiger partial charge < -0.3 is 4.90 Å². The average Bonchev–Trinajstić information content (AvgIpc) is 2.69. The van der Waals surface area contributed by atoms with Crippen LogP contribution in [0, 0.1) is 0 Å². The Balaban J connectivity index is 1.46. The number of aromatic nitrogens is 5. The van der Waals surface area contributed by atoms with Crippen molar-refractivity contribution < 1.29 is 0 Å². The molecule has 7 heteroatoms. The summed E-state index contributed by atoms with van der Waals surface area (Å²) < 4.78 is 0. The molecular weight excluding hydrogens is 326 g/mol. The Bertz CT molecular complexity index is 878. The van der Waals surface area contributed by atoms with Crippen molar-refractivity contribution in [2.45, 2.75) is 19.5 Å². The summed E-state index contributed by atoms with van der Waals surface area (Å²) >= 11 is 0. The summed E-state index contributed by atoms with van der Waals surface area (Å²) in [7, 11) is 4.00. The van der Waals surface area contributed by atoms with Gasteiger partial charge in [0.25, 0.3) is 0 Å². The highest BCUT2D eigenvalue weighted by Gasteiger charge is 2.19. The SMILES string of the molecule is CN(C)c1ccc(CN2CCc3nc(-c4cncnc4)ncc3C2)cn1. The van der Waals surface area contributed by atoms with Crippen LogP contribution in [-0.4, -0.2) is 50.5 Å². The topological polar surface area (TPSA) is 70.9 Å². The molecule has 3 aromatic rings. The molecule has 4 rings (SSSR count). The predicted molar refractivity (Wildman–Crippen MR) is 99.4 cm³/mol. The van der Waals surface area contributed by atoms with E-state index in [1.54, 1.807) is 12.4 Å². The Hall–Kier alpha value is -2.93. The maximum absolute atomic E-state index is 4.72. The zero-order valence-electron chi connectivity index (χ0n) is 15.0. The zero-order valence-corrected chi connectivity index (χ0v) is 15.0. The van der Waals surface area contributed by atoms with Crippen molar-refractivity contribution >= 4 is 5.82 Å². The van der Waals surface area contributed by atoms with E-state index >= 15 is 0 Å². The van der Waals surface area contributed by atoms with Gasteiger partial charge in [0, 0.05) is 70.5 Å². The second-order valence-electron chi connectivity index (χ2n) is 6.67. The van der Waals surface area contributed by atoms with Gasteiger partial charge in [0.05, 0.1) is 11.3 Å². The summed E-state index contributed by atoms with van der Waals surface area (Å²) in [5, 5.41) is 0. The van der Waals surface area contributed by atoms with Crippen molar-refractivity contribution in [2.75, 3.05) is 25.5 Å². The summed E-state index contributed by atoms with van der Waals surface area (Å²) in [5.74, 6) is 1.67. The molecular formula is C19H21N7. The number of hydrogen-bond donors (Lipinski definition) is 0. The fourth-order valence-electron chi connectivity index (χ4n) is 3.10. The Kier molecular flexibility index (Phi) is 4.53. The van der Waals surface area contributed by atoms with Crippen LogP contribution < -0.4 is 4.90 Å². The molecule has 0 bridgehead atoms. The van der Waals surface area contributed by atoms with Gasteiger partial charge in [0.2, 0.25) is 0 Å². The minimum absolute atomic E-state index is 0.696. The highest BCUT2D eigenvalue weighted by Crippen LogP contribution is 2.21. The lowest BCUT2D eigenvalue weighted by molar-refractivity contribution is 0.242. The lowest BCUT2D eigenvalue weighted by atomic mass is 10.1. The molecule has 4 heterocycles. The summed E-state index contributed by atoms with van der Waals surface area (Å²) in [6.07, 6.45) is 9.81. The largest absolute Gasteiger partial charge is 0.363 e. The second-order valence-corrected chi connectivity index (χ2v) is 6.67. The van der Waals surface area contributed by atoms with E-state index in [9.17, 15) is 0 Å². The molecule has 0 atom stereocenters. The van der Waals surface area contributed by atoms with E-state index in [0.717, 1.165) is 43.1 Å². The van der Waals surface area contributed by atoms with Crippen LogP contribution in [-0.2, 0) is 19.5 Å². The third-order valence-electron chi connectivity index (χ3n) is 4.51. The van der Waals surface area contributed by atoms with Gasteiger partial charge in [-0.1, -0.05) is 6.07 Å². The quantitative estimate of drug-likeness (QED) is 0.714. The molecule has 0 fully saturated rings. The van der Waals surface area contributed by atoms with Crippen molar-refractivity contribution in [3.8, 4) is 11.4 Å². The fourth-order valence-corrected chi connectivity index (χ4v) is 3.10. The molecule has 0 spiro atoms. The van der Waals surface area contributed by atoms with E-state index in [4.69, 9.17) is 4.98 Å². The lowest BCUT2D eigenvalue weighted by Crippen LogP contribution is -2.31. The van der Waals surface area contributed by atoms with Crippen molar-refractivity contribution in [1.29, 1.82) is 0 Å². The van der Waals surface area contributed by atoms with E-state index in [1.807, 2.05) is 31.4 Å². The van der Waals surface area contributed by atoms with E-state index in [1.165, 1.54) is 17.5 Å². The van der Waals surface area contributed by atoms with Crippen molar-refractivity contribution in [3.63, 3.8) is 0 Å². The van der Waals surface area contributed by atoms with Crippen molar-refractivity contribution in [3.05, 3.63) is 60.1 Å². The summed E-state index contributed by atoms with van der Waals surface area (Å²) in [4.78, 5) is 26.2. The Morgan fingerprint density at radius 3 is 2.62 bits per heavy atom. The van der Waals surface area contributed by atoms with Gasteiger partial charge in [-0.3, -0.25) is 4.90 Å². The first-order valence-corrected chi connectivity index (χ1v) is 8.64. The lowest BCUT2D eigenvalue weighted by Gasteiger charge is -2.28. The standard InChI is InChI=1S/C19H21N7/c1-25(2)18-4-3-14(7-22-18)11-26-6-5-17-16(12-26)10-23-19(24-17)15-8-20-13-21-9-15/h3-4,7-10,13H,5-6,11-12H2,1-2H3. The summed E-state index contributed by atoms with van der Waals surface area (Å²) in [5.41, 5.74) is 4.38. The van der Waals surface area contributed by atoms with Gasteiger partial charge in [-0.15, -0.1) is 0 Å². The molecule has 0 saturated carbocycles. The molecule has 0 saturated heterocycles. The van der Waals surface area contributed by atoms with Gasteiger partial charge >= 0.3 is 0 Å². The molecule has 26 heavy (non-hydrogen) atoms. The fraction of sp³-hybridized carbons (Fsp3) is 0.316. The van der Waals surface area contributed by atoms with Crippen molar-refractivity contribution in [1.82, 2.24) is 29.8 Å². The molecule has 0 unspecified atom stereocenters. The molecule has 0 amide bonds. The summed E-state index contributed by atoms with van der Waals surface area (Å²) in [6, 6.07) is 4.21. The maximum atomic E-state index is 4.72. The van der Waals surface area contributed by atoms with E-state index in [0.29, 0.717) is 5.82 Å². The van der Waals surface area contributed by atoms with Crippen LogP contribution in [0.25, 0.3) is 11.4 Å². The van der Waals surface area contributed by atoms with Crippen LogP contribution in [0.3, 0.4) is 0 Å². The number of nitrogens with zero attached hydrogens (tertiary/aromatic N) is 7. The number of fused-ring (bicyclic) bond motifs is 1. The molecule has 1 aliphatic rings. The number of anilines is 1. The Morgan fingerprint density at radius 1 is 1.04 bits per heavy atom. The number of pyridine rings is 1. The summed E-state index contributed by atoms with van der Waals surface area (Å²) in [6.45, 7) is 2.72. The van der Waals surface area contributed by atoms with E-state index in [-0.39, 0.29) is 0 Å². The monoisotopic (exact) mass is 347 g/mol. The van der Waals surface area contributed by atoms with Gasteiger partial charge in [-0.2, -0.15) is 0 Å². The molecule has 1 aliphatic heterocycles. The van der Waals surface area contributed by atoms with Gasteiger partial charge in [0.1, 0.15) is 12.1 Å². The van der Waals surface area contributed by atoms with Gasteiger partial charge in [-0.25, -0.2) is 24.9 Å². The first-order valence-electron chi connectivity index (χ1n) is 8.64. The number of hydrogen-bond acceptors (Lipinski definition) is 7. The van der Waals surface area contributed by atoms with Gasteiger partial charge in [0.15, 0.2) is 5.82 Å². The third kappa shape index (κ3) is 3.52. The van der Waals surface area contributed by atoms with Crippen LogP contribution in [0.4, 0.5) is 5.82 Å². The van der Waals surface area contributed by atoms with Gasteiger partial charge in [-0.05, 0) is 11.6 Å². The maximum Gasteiger partial charge on any atom is 0.162 e. The number of rotatable bonds is 4. The first-order chi connectivity index (χ1) is 12.7. The second kappa shape index (κ2) is 7.13. The molecule has 3 aromatic heterocycles. The van der Waals surface area contributed by atoms with E-state index < -0.39 is 0 Å². The smallest absolute Gasteiger partial charge is 0.162 e. The molecule has 132 valence electrons. The average molecular weight is 347 g/mol. The minimum atomic E-state index is 0.696. The molecule has 0 N–H and O–H groups in total. The van der Waals surface area contributed by atoms with Crippen LogP contribution in [0.1, 0.15) is 16.8 Å². The van der Waals surface area contributed by atoms with E-state index in [2.05, 4.69) is 37.0 Å². The normalized spacial score (nSPS) is 14.1. The third-order valence-corrected chi connectivity index (χ3v) is 4.51. The molecule has 7 nitrogen and oxygen atoms in total. The zero-order chi connectivity index (χ0) is 17.9. The Labute approximate surface area is 152 Å². The molecule has 0 aliphatic carbocycles. The predicted octanol–water partition coefficient (Wildman–Crippen LogP) is 1.95. The highest BCUT2D eigenvalue weighted by molar-refractivity contribution is 5.52. The van der Waals surface area contributed by atoms with Crippen LogP contribution in [0.2, 0.25) is 0 Å². The van der Waals surface area contributed by atoms with Crippen LogP contribution in [0.15, 0.2) is 43.2 Å². The molecule has 0 radical (unpaired) electrons. The molecule has 0 aromatic carbocycles. The highest BCUT2D eigenvalue weighted by atomic mass is 15.1. The Morgan fingerprint density at radius 2 is 1.88 bits per heavy atom. The van der Waals surface area contributed by atoms with Crippen LogP contribution in [0.5, 0.6) is 0 Å². The van der Waals surface area contributed by atoms with Crippen LogP contribution >= 0.6 is 0 Å². The first kappa shape index (κ1) is 16.5. The minimum Gasteiger partial charge on any atom is -0.363 e. The van der Waals surface area contributed by atoms with Crippen molar-refractivity contribution in [2.24, 2.45) is 0 Å².